The third-order valence-electron chi connectivity index (χ3n) is 3.77. The SMILES string of the molecule is CN(C)C1C=CC(NC2C=CC(O)CC2)CC1. The number of likely N-dealkylation sites (N-methyl/N-ethyl adjacent to an activating group) is 1. The Hall–Kier alpha value is -0.640. The third kappa shape index (κ3) is 3.66. The van der Waals surface area contributed by atoms with Crippen LogP contribution in [-0.4, -0.2) is 48.3 Å². The van der Waals surface area contributed by atoms with Gasteiger partial charge in [-0.2, -0.15) is 0 Å². The number of hydrogen-bond donors (Lipinski definition) is 2. The predicted octanol–water partition coefficient (Wildman–Crippen LogP) is 1.30. The van der Waals surface area contributed by atoms with E-state index >= 15 is 0 Å². The fraction of sp³-hybridized carbons (Fsp3) is 0.714. The van der Waals surface area contributed by atoms with Crippen LogP contribution in [-0.2, 0) is 0 Å². The molecule has 2 N–H and O–H groups in total. The van der Waals surface area contributed by atoms with Crippen molar-refractivity contribution in [2.75, 3.05) is 14.1 Å². The molecule has 4 unspecified atom stereocenters. The molecule has 0 spiro atoms. The van der Waals surface area contributed by atoms with Crippen LogP contribution in [0.3, 0.4) is 0 Å². The summed E-state index contributed by atoms with van der Waals surface area (Å²) in [6.07, 6.45) is 12.7. The van der Waals surface area contributed by atoms with Crippen LogP contribution in [0.1, 0.15) is 25.7 Å². The van der Waals surface area contributed by atoms with Crippen molar-refractivity contribution in [1.82, 2.24) is 10.2 Å². The summed E-state index contributed by atoms with van der Waals surface area (Å²) in [6.45, 7) is 0. The van der Waals surface area contributed by atoms with Gasteiger partial charge in [-0.25, -0.2) is 0 Å². The standard InChI is InChI=1S/C14H24N2O/c1-16(2)13-7-3-11(4-8-13)15-12-5-9-14(17)10-6-12/h3,5,7,9,11-15,17H,4,6,8,10H2,1-2H3. The zero-order valence-corrected chi connectivity index (χ0v) is 10.8. The zero-order chi connectivity index (χ0) is 12.3. The van der Waals surface area contributed by atoms with Gasteiger partial charge in [0.25, 0.3) is 0 Å². The number of aliphatic hydroxyl groups is 1. The van der Waals surface area contributed by atoms with Gasteiger partial charge < -0.3 is 15.3 Å². The Kier molecular flexibility index (Phi) is 4.37. The van der Waals surface area contributed by atoms with E-state index in [2.05, 4.69) is 42.5 Å². The lowest BCUT2D eigenvalue weighted by atomic mass is 9.95. The summed E-state index contributed by atoms with van der Waals surface area (Å²) < 4.78 is 0. The highest BCUT2D eigenvalue weighted by Gasteiger charge is 2.20. The summed E-state index contributed by atoms with van der Waals surface area (Å²) in [5.74, 6) is 0. The molecule has 0 saturated heterocycles. The summed E-state index contributed by atoms with van der Waals surface area (Å²) >= 11 is 0. The first-order valence-corrected chi connectivity index (χ1v) is 6.62. The third-order valence-corrected chi connectivity index (χ3v) is 3.77. The predicted molar refractivity (Wildman–Crippen MR) is 70.9 cm³/mol. The van der Waals surface area contributed by atoms with Crippen molar-refractivity contribution in [3.05, 3.63) is 24.3 Å². The van der Waals surface area contributed by atoms with E-state index in [1.807, 2.05) is 6.08 Å². The largest absolute Gasteiger partial charge is 0.389 e. The molecule has 0 amide bonds. The monoisotopic (exact) mass is 236 g/mol. The van der Waals surface area contributed by atoms with Crippen molar-refractivity contribution < 1.29 is 5.11 Å². The van der Waals surface area contributed by atoms with E-state index in [4.69, 9.17) is 0 Å². The molecule has 3 heteroatoms. The normalized spacial score (nSPS) is 37.6. The number of rotatable bonds is 3. The molecule has 0 heterocycles. The summed E-state index contributed by atoms with van der Waals surface area (Å²) in [4.78, 5) is 2.27. The molecular weight excluding hydrogens is 212 g/mol. The van der Waals surface area contributed by atoms with E-state index in [0.717, 1.165) is 12.8 Å². The lowest BCUT2D eigenvalue weighted by Crippen LogP contribution is -2.41. The molecule has 0 aromatic carbocycles. The van der Waals surface area contributed by atoms with Crippen LogP contribution in [0.2, 0.25) is 0 Å². The molecule has 0 aromatic heterocycles. The Balaban J connectivity index is 1.81. The summed E-state index contributed by atoms with van der Waals surface area (Å²) in [5.41, 5.74) is 0. The minimum atomic E-state index is -0.229. The van der Waals surface area contributed by atoms with Gasteiger partial charge in [-0.05, 0) is 39.8 Å². The lowest BCUT2D eigenvalue weighted by molar-refractivity contribution is 0.196. The fourth-order valence-corrected chi connectivity index (χ4v) is 2.59. The van der Waals surface area contributed by atoms with Crippen LogP contribution < -0.4 is 5.32 Å². The van der Waals surface area contributed by atoms with E-state index in [1.165, 1.54) is 12.8 Å². The van der Waals surface area contributed by atoms with Gasteiger partial charge in [0.1, 0.15) is 0 Å². The molecule has 2 aliphatic carbocycles. The number of nitrogens with one attached hydrogen (secondary N) is 1. The van der Waals surface area contributed by atoms with Crippen molar-refractivity contribution in [2.45, 2.75) is 49.9 Å². The molecule has 17 heavy (non-hydrogen) atoms. The molecule has 0 fully saturated rings. The van der Waals surface area contributed by atoms with Crippen LogP contribution in [0.25, 0.3) is 0 Å². The lowest BCUT2D eigenvalue weighted by Gasteiger charge is -2.31. The maximum absolute atomic E-state index is 9.39. The average molecular weight is 236 g/mol. The molecule has 0 aliphatic heterocycles. The summed E-state index contributed by atoms with van der Waals surface area (Å²) in [7, 11) is 4.27. The first-order chi connectivity index (χ1) is 8.15. The smallest absolute Gasteiger partial charge is 0.0722 e. The zero-order valence-electron chi connectivity index (χ0n) is 10.8. The summed E-state index contributed by atoms with van der Waals surface area (Å²) in [6, 6.07) is 1.52. The van der Waals surface area contributed by atoms with E-state index in [1.54, 1.807) is 0 Å². The quantitative estimate of drug-likeness (QED) is 0.725. The topological polar surface area (TPSA) is 35.5 Å². The van der Waals surface area contributed by atoms with E-state index in [-0.39, 0.29) is 6.10 Å². The van der Waals surface area contributed by atoms with E-state index in [9.17, 15) is 5.11 Å². The van der Waals surface area contributed by atoms with Crippen molar-refractivity contribution in [3.63, 3.8) is 0 Å². The first-order valence-electron chi connectivity index (χ1n) is 6.62. The van der Waals surface area contributed by atoms with Gasteiger partial charge in [0.05, 0.1) is 6.10 Å². The Bertz CT molecular complexity index is 299. The number of hydrogen-bond acceptors (Lipinski definition) is 3. The van der Waals surface area contributed by atoms with Gasteiger partial charge >= 0.3 is 0 Å². The van der Waals surface area contributed by atoms with Crippen molar-refractivity contribution in [2.24, 2.45) is 0 Å². The average Bonchev–Trinajstić information content (AvgIpc) is 2.33. The van der Waals surface area contributed by atoms with Crippen LogP contribution in [0.15, 0.2) is 24.3 Å². The maximum atomic E-state index is 9.39. The van der Waals surface area contributed by atoms with Crippen LogP contribution in [0.4, 0.5) is 0 Å². The molecule has 2 rings (SSSR count). The van der Waals surface area contributed by atoms with Crippen molar-refractivity contribution >= 4 is 0 Å². The minimum Gasteiger partial charge on any atom is -0.389 e. The number of nitrogens with zero attached hydrogens (tertiary/aromatic N) is 1. The second kappa shape index (κ2) is 5.80. The molecule has 96 valence electrons. The Morgan fingerprint density at radius 3 is 2.06 bits per heavy atom. The van der Waals surface area contributed by atoms with E-state index in [0.29, 0.717) is 18.1 Å². The van der Waals surface area contributed by atoms with Crippen LogP contribution in [0.5, 0.6) is 0 Å². The molecule has 2 aliphatic rings. The second-order valence-corrected chi connectivity index (χ2v) is 5.40. The van der Waals surface area contributed by atoms with E-state index < -0.39 is 0 Å². The van der Waals surface area contributed by atoms with Gasteiger partial charge in [0.15, 0.2) is 0 Å². The minimum absolute atomic E-state index is 0.229. The van der Waals surface area contributed by atoms with Gasteiger partial charge in [-0.15, -0.1) is 0 Å². The Morgan fingerprint density at radius 2 is 1.59 bits per heavy atom. The fourth-order valence-electron chi connectivity index (χ4n) is 2.59. The molecule has 3 nitrogen and oxygen atoms in total. The highest BCUT2D eigenvalue weighted by molar-refractivity contribution is 5.09. The highest BCUT2D eigenvalue weighted by atomic mass is 16.3. The molecule has 0 radical (unpaired) electrons. The van der Waals surface area contributed by atoms with Crippen LogP contribution in [0, 0.1) is 0 Å². The molecular formula is C14H24N2O. The molecule has 0 bridgehead atoms. The number of aliphatic hydroxyl groups excluding tert-OH is 1. The van der Waals surface area contributed by atoms with Gasteiger partial charge in [-0.1, -0.05) is 24.3 Å². The van der Waals surface area contributed by atoms with Gasteiger partial charge in [0.2, 0.25) is 0 Å². The van der Waals surface area contributed by atoms with Gasteiger partial charge in [0, 0.05) is 18.1 Å². The maximum Gasteiger partial charge on any atom is 0.0722 e. The Morgan fingerprint density at radius 1 is 0.941 bits per heavy atom. The summed E-state index contributed by atoms with van der Waals surface area (Å²) in [5, 5.41) is 13.0. The van der Waals surface area contributed by atoms with Crippen molar-refractivity contribution in [3.8, 4) is 0 Å². The van der Waals surface area contributed by atoms with Gasteiger partial charge in [-0.3, -0.25) is 0 Å². The first kappa shape index (κ1) is 12.8. The van der Waals surface area contributed by atoms with Crippen LogP contribution >= 0.6 is 0 Å². The van der Waals surface area contributed by atoms with Crippen molar-refractivity contribution in [1.29, 1.82) is 0 Å². The molecule has 0 aromatic rings. The second-order valence-electron chi connectivity index (χ2n) is 5.40. The highest BCUT2D eigenvalue weighted by Crippen LogP contribution is 2.18. The molecule has 0 saturated carbocycles. The Labute approximate surface area is 104 Å². The molecule has 4 atom stereocenters.